The highest BCUT2D eigenvalue weighted by Crippen LogP contribution is 2.30. The molecular weight excluding hydrogens is 303 g/mol. The van der Waals surface area contributed by atoms with E-state index in [9.17, 15) is 13.2 Å². The summed E-state index contributed by atoms with van der Waals surface area (Å²) in [5, 5.41) is 13.4. The molecule has 0 bridgehead atoms. The highest BCUT2D eigenvalue weighted by molar-refractivity contribution is 6.31. The zero-order chi connectivity index (χ0) is 15.6. The van der Waals surface area contributed by atoms with Gasteiger partial charge in [0.1, 0.15) is 11.6 Å². The number of benzene rings is 1. The first-order valence-electron chi connectivity index (χ1n) is 6.23. The van der Waals surface area contributed by atoms with E-state index >= 15 is 0 Å². The van der Waals surface area contributed by atoms with Crippen molar-refractivity contribution in [1.82, 2.24) is 9.78 Å². The van der Waals surface area contributed by atoms with Crippen molar-refractivity contribution in [2.24, 2.45) is 0 Å². The van der Waals surface area contributed by atoms with Gasteiger partial charge < -0.3 is 0 Å². The maximum absolute atomic E-state index is 12.5. The molecule has 0 spiro atoms. The van der Waals surface area contributed by atoms with E-state index in [2.05, 4.69) is 5.10 Å². The van der Waals surface area contributed by atoms with Crippen molar-refractivity contribution in [3.63, 3.8) is 0 Å². The second kappa shape index (κ2) is 5.78. The van der Waals surface area contributed by atoms with Crippen molar-refractivity contribution >= 4 is 11.6 Å². The Labute approximate surface area is 124 Å². The lowest BCUT2D eigenvalue weighted by atomic mass is 10.2. The standard InChI is InChI=1S/C14H11ClF3N3/c1-2-3-12-11(8-19)13(15)21(20-12)10-6-4-9(5-7-10)14(16,17)18/h4-7H,2-3H2,1H3. The molecule has 0 N–H and O–H groups in total. The van der Waals surface area contributed by atoms with Crippen LogP contribution in [0.2, 0.25) is 5.15 Å². The van der Waals surface area contributed by atoms with Crippen LogP contribution in [0.4, 0.5) is 13.2 Å². The number of aryl methyl sites for hydroxylation is 1. The third kappa shape index (κ3) is 3.03. The number of aromatic nitrogens is 2. The molecule has 0 aliphatic heterocycles. The quantitative estimate of drug-likeness (QED) is 0.844. The Morgan fingerprint density at radius 3 is 2.38 bits per heavy atom. The van der Waals surface area contributed by atoms with Crippen molar-refractivity contribution in [3.05, 3.63) is 46.2 Å². The predicted octanol–water partition coefficient (Wildman–Crippen LogP) is 4.37. The van der Waals surface area contributed by atoms with Crippen LogP contribution in [0.1, 0.15) is 30.2 Å². The number of hydrogen-bond acceptors (Lipinski definition) is 2. The van der Waals surface area contributed by atoms with Crippen LogP contribution >= 0.6 is 11.6 Å². The molecule has 0 aliphatic carbocycles. The fourth-order valence-electron chi connectivity index (χ4n) is 1.92. The Balaban J connectivity index is 2.45. The van der Waals surface area contributed by atoms with E-state index in [1.165, 1.54) is 16.8 Å². The molecule has 0 radical (unpaired) electrons. The lowest BCUT2D eigenvalue weighted by Gasteiger charge is -2.08. The number of nitrogens with zero attached hydrogens (tertiary/aromatic N) is 3. The van der Waals surface area contributed by atoms with E-state index in [1.54, 1.807) is 0 Å². The van der Waals surface area contributed by atoms with Gasteiger partial charge in [0.15, 0.2) is 5.15 Å². The molecule has 3 nitrogen and oxygen atoms in total. The second-order valence-electron chi connectivity index (χ2n) is 4.43. The van der Waals surface area contributed by atoms with Gasteiger partial charge in [-0.15, -0.1) is 0 Å². The lowest BCUT2D eigenvalue weighted by Crippen LogP contribution is -2.05. The van der Waals surface area contributed by atoms with E-state index in [0.29, 0.717) is 17.8 Å². The van der Waals surface area contributed by atoms with Gasteiger partial charge in [-0.1, -0.05) is 24.9 Å². The van der Waals surface area contributed by atoms with Gasteiger partial charge in [0.25, 0.3) is 0 Å². The molecule has 1 heterocycles. The topological polar surface area (TPSA) is 41.6 Å². The van der Waals surface area contributed by atoms with Crippen LogP contribution in [0.25, 0.3) is 5.69 Å². The molecule has 0 unspecified atom stereocenters. The molecule has 2 rings (SSSR count). The monoisotopic (exact) mass is 313 g/mol. The fourth-order valence-corrected chi connectivity index (χ4v) is 2.21. The van der Waals surface area contributed by atoms with Gasteiger partial charge in [0, 0.05) is 0 Å². The van der Waals surface area contributed by atoms with E-state index < -0.39 is 11.7 Å². The van der Waals surface area contributed by atoms with E-state index in [1.807, 2.05) is 13.0 Å². The highest BCUT2D eigenvalue weighted by Gasteiger charge is 2.30. The Hall–Kier alpha value is -2.00. The van der Waals surface area contributed by atoms with Gasteiger partial charge >= 0.3 is 6.18 Å². The van der Waals surface area contributed by atoms with Crippen molar-refractivity contribution in [3.8, 4) is 11.8 Å². The molecule has 1 aromatic heterocycles. The first kappa shape index (κ1) is 15.4. The second-order valence-corrected chi connectivity index (χ2v) is 4.79. The Kier molecular flexibility index (Phi) is 4.24. The minimum absolute atomic E-state index is 0.112. The molecule has 110 valence electrons. The van der Waals surface area contributed by atoms with Crippen LogP contribution in [0.5, 0.6) is 0 Å². The molecule has 0 saturated carbocycles. The molecule has 1 aromatic carbocycles. The zero-order valence-electron chi connectivity index (χ0n) is 11.1. The van der Waals surface area contributed by atoms with Crippen LogP contribution < -0.4 is 0 Å². The minimum Gasteiger partial charge on any atom is -0.221 e. The summed E-state index contributed by atoms with van der Waals surface area (Å²) >= 11 is 6.09. The van der Waals surface area contributed by atoms with Gasteiger partial charge in [-0.3, -0.25) is 0 Å². The molecular formula is C14H11ClF3N3. The maximum atomic E-state index is 12.5. The van der Waals surface area contributed by atoms with Crippen molar-refractivity contribution < 1.29 is 13.2 Å². The molecule has 2 aromatic rings. The van der Waals surface area contributed by atoms with Crippen molar-refractivity contribution in [2.45, 2.75) is 25.9 Å². The van der Waals surface area contributed by atoms with Crippen LogP contribution in [-0.2, 0) is 12.6 Å². The molecule has 0 fully saturated rings. The SMILES string of the molecule is CCCc1nn(-c2ccc(C(F)(F)F)cc2)c(Cl)c1C#N. The fraction of sp³-hybridized carbons (Fsp3) is 0.286. The summed E-state index contributed by atoms with van der Waals surface area (Å²) < 4.78 is 38.9. The average Bonchev–Trinajstić information content (AvgIpc) is 2.74. The zero-order valence-corrected chi connectivity index (χ0v) is 11.8. The van der Waals surface area contributed by atoms with Gasteiger partial charge in [0.2, 0.25) is 0 Å². The van der Waals surface area contributed by atoms with Crippen LogP contribution in [0.3, 0.4) is 0 Å². The molecule has 0 atom stereocenters. The number of rotatable bonds is 3. The van der Waals surface area contributed by atoms with Gasteiger partial charge in [-0.25, -0.2) is 4.68 Å². The number of nitriles is 1. The van der Waals surface area contributed by atoms with E-state index in [-0.39, 0.29) is 10.7 Å². The summed E-state index contributed by atoms with van der Waals surface area (Å²) in [7, 11) is 0. The van der Waals surface area contributed by atoms with Crippen molar-refractivity contribution in [2.75, 3.05) is 0 Å². The predicted molar refractivity (Wildman–Crippen MR) is 72.3 cm³/mol. The molecule has 0 aliphatic rings. The van der Waals surface area contributed by atoms with Crippen molar-refractivity contribution in [1.29, 1.82) is 5.26 Å². The van der Waals surface area contributed by atoms with Gasteiger partial charge in [0.05, 0.1) is 16.9 Å². The summed E-state index contributed by atoms with van der Waals surface area (Å²) in [6.07, 6.45) is -3.02. The normalized spacial score (nSPS) is 11.4. The summed E-state index contributed by atoms with van der Waals surface area (Å²) in [6.45, 7) is 1.94. The van der Waals surface area contributed by atoms with E-state index in [0.717, 1.165) is 18.6 Å². The third-order valence-corrected chi connectivity index (χ3v) is 3.29. The van der Waals surface area contributed by atoms with Gasteiger partial charge in [-0.05, 0) is 30.7 Å². The molecule has 7 heteroatoms. The largest absolute Gasteiger partial charge is 0.416 e. The smallest absolute Gasteiger partial charge is 0.221 e. The van der Waals surface area contributed by atoms with E-state index in [4.69, 9.17) is 16.9 Å². The average molecular weight is 314 g/mol. The van der Waals surface area contributed by atoms with Crippen LogP contribution in [0.15, 0.2) is 24.3 Å². The molecule has 0 saturated heterocycles. The number of hydrogen-bond donors (Lipinski definition) is 0. The first-order chi connectivity index (χ1) is 9.88. The molecule has 0 amide bonds. The van der Waals surface area contributed by atoms with Gasteiger partial charge in [-0.2, -0.15) is 23.5 Å². The first-order valence-corrected chi connectivity index (χ1v) is 6.61. The number of alkyl halides is 3. The highest BCUT2D eigenvalue weighted by atomic mass is 35.5. The summed E-state index contributed by atoms with van der Waals surface area (Å²) in [5.41, 5.74) is 0.444. The molecule has 21 heavy (non-hydrogen) atoms. The minimum atomic E-state index is -4.39. The summed E-state index contributed by atoms with van der Waals surface area (Å²) in [6, 6.07) is 6.45. The third-order valence-electron chi connectivity index (χ3n) is 2.94. The van der Waals surface area contributed by atoms with Crippen LogP contribution in [0, 0.1) is 11.3 Å². The van der Waals surface area contributed by atoms with Crippen LogP contribution in [-0.4, -0.2) is 9.78 Å². The summed E-state index contributed by atoms with van der Waals surface area (Å²) in [5.74, 6) is 0. The maximum Gasteiger partial charge on any atom is 0.416 e. The Bertz CT molecular complexity index is 681. The Morgan fingerprint density at radius 2 is 1.90 bits per heavy atom. The Morgan fingerprint density at radius 1 is 1.29 bits per heavy atom. The number of halogens is 4. The summed E-state index contributed by atoms with van der Waals surface area (Å²) in [4.78, 5) is 0. The lowest BCUT2D eigenvalue weighted by molar-refractivity contribution is -0.137.